The van der Waals surface area contributed by atoms with Crippen LogP contribution in [0.25, 0.3) is 0 Å². The minimum Gasteiger partial charge on any atom is -0.462 e. The number of ether oxygens (including phenoxy) is 2. The fourth-order valence-electron chi connectivity index (χ4n) is 8.08. The quantitative estimate of drug-likeness (QED) is 0.0376. The predicted molar refractivity (Wildman–Crippen MR) is 252 cm³/mol. The van der Waals surface area contributed by atoms with E-state index in [1.54, 1.807) is 0 Å². The van der Waals surface area contributed by atoms with Crippen molar-refractivity contribution < 1.29 is 24.2 Å². The van der Waals surface area contributed by atoms with Crippen LogP contribution in [0.2, 0.25) is 0 Å². The molecular formula is C53H102O5. The van der Waals surface area contributed by atoms with Crippen molar-refractivity contribution in [2.75, 3.05) is 13.2 Å². The SMILES string of the molecule is CCCCCCCC/C=C\CCCCCCCC(=O)OC(CO)COC(=O)CCCCCCCCCCCCCCCCCCCCCCCCCCCCCCC. The first kappa shape index (κ1) is 56.6. The Labute approximate surface area is 362 Å². The molecule has 1 N–H and O–H groups in total. The predicted octanol–water partition coefficient (Wildman–Crippen LogP) is 17.2. The van der Waals surface area contributed by atoms with Gasteiger partial charge in [0.15, 0.2) is 6.10 Å². The van der Waals surface area contributed by atoms with E-state index in [0.717, 1.165) is 38.5 Å². The van der Waals surface area contributed by atoms with Crippen molar-refractivity contribution in [2.24, 2.45) is 0 Å². The van der Waals surface area contributed by atoms with E-state index in [0.29, 0.717) is 12.8 Å². The lowest BCUT2D eigenvalue weighted by Gasteiger charge is -2.15. The van der Waals surface area contributed by atoms with Gasteiger partial charge in [-0.3, -0.25) is 9.59 Å². The molecule has 0 spiro atoms. The number of esters is 2. The van der Waals surface area contributed by atoms with E-state index in [4.69, 9.17) is 9.47 Å². The van der Waals surface area contributed by atoms with Gasteiger partial charge in [-0.25, -0.2) is 0 Å². The molecule has 0 saturated heterocycles. The van der Waals surface area contributed by atoms with Gasteiger partial charge in [0.25, 0.3) is 0 Å². The van der Waals surface area contributed by atoms with Crippen LogP contribution < -0.4 is 0 Å². The van der Waals surface area contributed by atoms with Crippen molar-refractivity contribution >= 4 is 11.9 Å². The Morgan fingerprint density at radius 2 is 0.638 bits per heavy atom. The van der Waals surface area contributed by atoms with Gasteiger partial charge in [0.1, 0.15) is 6.61 Å². The molecule has 0 saturated carbocycles. The average Bonchev–Trinajstić information content (AvgIpc) is 3.23. The molecule has 0 rings (SSSR count). The van der Waals surface area contributed by atoms with E-state index in [9.17, 15) is 14.7 Å². The van der Waals surface area contributed by atoms with Crippen molar-refractivity contribution in [1.82, 2.24) is 0 Å². The highest BCUT2D eigenvalue weighted by Gasteiger charge is 2.16. The van der Waals surface area contributed by atoms with Crippen molar-refractivity contribution in [2.45, 2.75) is 302 Å². The molecule has 0 aliphatic heterocycles. The van der Waals surface area contributed by atoms with Gasteiger partial charge in [0.2, 0.25) is 0 Å². The second-order valence-corrected chi connectivity index (χ2v) is 18.0. The Morgan fingerprint density at radius 3 is 0.931 bits per heavy atom. The fourth-order valence-corrected chi connectivity index (χ4v) is 8.08. The summed E-state index contributed by atoms with van der Waals surface area (Å²) in [6.07, 6.45) is 60.4. The van der Waals surface area contributed by atoms with Crippen LogP contribution in [0.15, 0.2) is 12.2 Å². The molecule has 0 aromatic carbocycles. The number of carbonyl (C=O) groups is 2. The fraction of sp³-hybridized carbons (Fsp3) is 0.925. The van der Waals surface area contributed by atoms with Gasteiger partial charge in [-0.05, 0) is 38.5 Å². The minimum absolute atomic E-state index is 0.0625. The maximum absolute atomic E-state index is 12.2. The number of hydrogen-bond acceptors (Lipinski definition) is 5. The summed E-state index contributed by atoms with van der Waals surface area (Å²) in [5.41, 5.74) is 0. The third-order valence-corrected chi connectivity index (χ3v) is 12.1. The lowest BCUT2D eigenvalue weighted by atomic mass is 10.0. The van der Waals surface area contributed by atoms with Crippen LogP contribution in [0.3, 0.4) is 0 Å². The normalized spacial score (nSPS) is 12.1. The average molecular weight is 819 g/mol. The van der Waals surface area contributed by atoms with E-state index in [2.05, 4.69) is 26.0 Å². The highest BCUT2D eigenvalue weighted by Crippen LogP contribution is 2.17. The van der Waals surface area contributed by atoms with Crippen molar-refractivity contribution in [1.29, 1.82) is 0 Å². The van der Waals surface area contributed by atoms with Crippen LogP contribution in [0.5, 0.6) is 0 Å². The minimum atomic E-state index is -0.770. The summed E-state index contributed by atoms with van der Waals surface area (Å²) in [4.78, 5) is 24.4. The summed E-state index contributed by atoms with van der Waals surface area (Å²) in [6, 6.07) is 0. The zero-order chi connectivity index (χ0) is 42.1. The van der Waals surface area contributed by atoms with E-state index in [-0.39, 0.29) is 25.2 Å². The summed E-state index contributed by atoms with van der Waals surface area (Å²) < 4.78 is 10.7. The summed E-state index contributed by atoms with van der Waals surface area (Å²) in [7, 11) is 0. The first-order chi connectivity index (χ1) is 28.6. The summed E-state index contributed by atoms with van der Waals surface area (Å²) >= 11 is 0. The largest absolute Gasteiger partial charge is 0.462 e. The number of unbranched alkanes of at least 4 members (excludes halogenated alkanes) is 39. The molecule has 0 aromatic rings. The first-order valence-corrected chi connectivity index (χ1v) is 26.2. The van der Waals surface area contributed by atoms with E-state index in [1.165, 1.54) is 231 Å². The van der Waals surface area contributed by atoms with Crippen molar-refractivity contribution in [3.63, 3.8) is 0 Å². The van der Waals surface area contributed by atoms with E-state index >= 15 is 0 Å². The number of aliphatic hydroxyl groups excluding tert-OH is 1. The maximum atomic E-state index is 12.2. The van der Waals surface area contributed by atoms with Crippen LogP contribution in [0, 0.1) is 0 Å². The summed E-state index contributed by atoms with van der Waals surface area (Å²) in [5.74, 6) is -0.583. The highest BCUT2D eigenvalue weighted by atomic mass is 16.6. The van der Waals surface area contributed by atoms with Crippen LogP contribution in [-0.2, 0) is 19.1 Å². The van der Waals surface area contributed by atoms with Gasteiger partial charge < -0.3 is 14.6 Å². The van der Waals surface area contributed by atoms with Gasteiger partial charge in [-0.15, -0.1) is 0 Å². The summed E-state index contributed by atoms with van der Waals surface area (Å²) in [5, 5.41) is 9.61. The smallest absolute Gasteiger partial charge is 0.306 e. The molecule has 0 aliphatic carbocycles. The molecule has 344 valence electrons. The molecule has 5 nitrogen and oxygen atoms in total. The molecule has 0 aromatic heterocycles. The van der Waals surface area contributed by atoms with Crippen LogP contribution >= 0.6 is 0 Å². The molecule has 0 radical (unpaired) electrons. The summed E-state index contributed by atoms with van der Waals surface area (Å²) in [6.45, 7) is 4.17. The topological polar surface area (TPSA) is 72.8 Å². The second-order valence-electron chi connectivity index (χ2n) is 18.0. The number of allylic oxidation sites excluding steroid dienone is 2. The zero-order valence-corrected chi connectivity index (χ0v) is 39.3. The zero-order valence-electron chi connectivity index (χ0n) is 39.3. The van der Waals surface area contributed by atoms with Gasteiger partial charge in [-0.2, -0.15) is 0 Å². The van der Waals surface area contributed by atoms with E-state index in [1.807, 2.05) is 0 Å². The number of rotatable bonds is 49. The van der Waals surface area contributed by atoms with Crippen molar-refractivity contribution in [3.8, 4) is 0 Å². The van der Waals surface area contributed by atoms with Crippen LogP contribution in [-0.4, -0.2) is 36.4 Å². The molecule has 0 bridgehead atoms. The number of aliphatic hydroxyl groups is 1. The molecule has 0 aliphatic rings. The van der Waals surface area contributed by atoms with Crippen LogP contribution in [0.1, 0.15) is 296 Å². The lowest BCUT2D eigenvalue weighted by molar-refractivity contribution is -0.161. The molecular weight excluding hydrogens is 717 g/mol. The molecule has 0 fully saturated rings. The first-order valence-electron chi connectivity index (χ1n) is 26.2. The Kier molecular flexibility index (Phi) is 48.8. The molecule has 0 amide bonds. The van der Waals surface area contributed by atoms with Crippen molar-refractivity contribution in [3.05, 3.63) is 12.2 Å². The molecule has 5 heteroatoms. The standard InChI is InChI=1S/C53H102O5/c1-3-5-7-9-11-13-15-17-19-20-21-22-23-24-25-26-27-28-29-30-31-32-34-35-37-39-41-43-45-47-52(55)57-50-51(49-54)58-53(56)48-46-44-42-40-38-36-33-18-16-14-12-10-8-6-4-2/h18,33,51,54H,3-17,19-32,34-50H2,1-2H3/b33-18-. The number of carbonyl (C=O) groups excluding carboxylic acids is 2. The van der Waals surface area contributed by atoms with Crippen LogP contribution in [0.4, 0.5) is 0 Å². The molecule has 58 heavy (non-hydrogen) atoms. The van der Waals surface area contributed by atoms with Gasteiger partial charge in [0.05, 0.1) is 6.61 Å². The lowest BCUT2D eigenvalue weighted by Crippen LogP contribution is -2.28. The third-order valence-electron chi connectivity index (χ3n) is 12.1. The van der Waals surface area contributed by atoms with E-state index < -0.39 is 6.10 Å². The van der Waals surface area contributed by atoms with Gasteiger partial charge >= 0.3 is 11.9 Å². The Morgan fingerprint density at radius 1 is 0.379 bits per heavy atom. The molecule has 0 heterocycles. The molecule has 1 unspecified atom stereocenters. The van der Waals surface area contributed by atoms with Gasteiger partial charge in [-0.1, -0.05) is 257 Å². The maximum Gasteiger partial charge on any atom is 0.306 e. The second kappa shape index (κ2) is 50.0. The highest BCUT2D eigenvalue weighted by molar-refractivity contribution is 5.70. The Hall–Kier alpha value is -1.36. The van der Waals surface area contributed by atoms with Gasteiger partial charge in [0, 0.05) is 12.8 Å². The monoisotopic (exact) mass is 819 g/mol. The Balaban J connectivity index is 3.40. The number of hydrogen-bond donors (Lipinski definition) is 1. The Bertz CT molecular complexity index is 840. The molecule has 1 atom stereocenters. The third kappa shape index (κ3) is 47.3.